The molecule has 0 fully saturated rings. The zero-order chi connectivity index (χ0) is 22.5. The van der Waals surface area contributed by atoms with Crippen molar-refractivity contribution in [2.45, 2.75) is 13.0 Å². The van der Waals surface area contributed by atoms with Gasteiger partial charge in [0.1, 0.15) is 11.5 Å². The molecular weight excluding hydrogens is 575 g/mol. The lowest BCUT2D eigenvalue weighted by atomic mass is 10.1. The second kappa shape index (κ2) is 10.5. The summed E-state index contributed by atoms with van der Waals surface area (Å²) in [6, 6.07) is 14.1. The fourth-order valence-corrected chi connectivity index (χ4v) is 4.02. The smallest absolute Gasteiger partial charge is 0.279 e. The lowest BCUT2D eigenvalue weighted by Gasteiger charge is -2.16. The van der Waals surface area contributed by atoms with E-state index in [9.17, 15) is 9.59 Å². The van der Waals surface area contributed by atoms with Gasteiger partial charge in [0.25, 0.3) is 11.8 Å². The van der Waals surface area contributed by atoms with Crippen molar-refractivity contribution in [2.75, 3.05) is 6.61 Å². The predicted molar refractivity (Wildman–Crippen MR) is 128 cm³/mol. The van der Waals surface area contributed by atoms with E-state index in [-0.39, 0.29) is 11.6 Å². The van der Waals surface area contributed by atoms with Crippen LogP contribution in [-0.2, 0) is 9.59 Å². The molecule has 10 heteroatoms. The molecule has 0 aliphatic heterocycles. The molecular formula is C21H16Br2Cl2N2O4. The molecule has 3 rings (SSSR count). The fourth-order valence-electron chi connectivity index (χ4n) is 2.58. The number of hydrazine groups is 1. The number of fused-ring (bicyclic) bond motifs is 1. The van der Waals surface area contributed by atoms with E-state index in [0.29, 0.717) is 16.5 Å². The number of hydrogen-bond donors (Lipinski definition) is 2. The first-order valence-corrected chi connectivity index (χ1v) is 11.3. The van der Waals surface area contributed by atoms with Crippen LogP contribution in [0.3, 0.4) is 0 Å². The third-order valence-electron chi connectivity index (χ3n) is 4.13. The molecule has 0 spiro atoms. The highest BCUT2D eigenvalue weighted by Gasteiger charge is 2.17. The molecule has 2 N–H and O–H groups in total. The van der Waals surface area contributed by atoms with Gasteiger partial charge in [0.2, 0.25) is 0 Å². The number of ether oxygens (including phenoxy) is 2. The van der Waals surface area contributed by atoms with Crippen molar-refractivity contribution in [1.82, 2.24) is 10.9 Å². The summed E-state index contributed by atoms with van der Waals surface area (Å²) >= 11 is 18.8. The van der Waals surface area contributed by atoms with Crippen LogP contribution >= 0.6 is 55.1 Å². The molecule has 0 saturated carbocycles. The first kappa shape index (κ1) is 23.7. The predicted octanol–water partition coefficient (Wildman–Crippen LogP) is 5.67. The number of amides is 2. The van der Waals surface area contributed by atoms with Gasteiger partial charge in [0.15, 0.2) is 12.7 Å². The Morgan fingerprint density at radius 3 is 2.48 bits per heavy atom. The standard InChI is InChI=1S/C21H16Br2Cl2N2O4/c1-11(31-17-7-4-14(24)9-16(17)25)21(29)27-26-19(28)10-30-18-6-2-12-8-13(22)3-5-15(12)20(18)23/h2-9,11H,10H2,1H3,(H,26,28)(H,27,29). The van der Waals surface area contributed by atoms with Gasteiger partial charge in [0, 0.05) is 9.50 Å². The van der Waals surface area contributed by atoms with Crippen molar-refractivity contribution in [2.24, 2.45) is 0 Å². The minimum Gasteiger partial charge on any atom is -0.483 e. The summed E-state index contributed by atoms with van der Waals surface area (Å²) in [4.78, 5) is 24.2. The minimum absolute atomic E-state index is 0.276. The first-order valence-electron chi connectivity index (χ1n) is 8.95. The van der Waals surface area contributed by atoms with Crippen LogP contribution in [0.25, 0.3) is 10.8 Å². The van der Waals surface area contributed by atoms with E-state index in [1.165, 1.54) is 13.0 Å². The van der Waals surface area contributed by atoms with Crippen LogP contribution in [0.15, 0.2) is 57.5 Å². The Hall–Kier alpha value is -2.00. The molecule has 1 atom stereocenters. The molecule has 0 aromatic heterocycles. The van der Waals surface area contributed by atoms with Crippen molar-refractivity contribution >= 4 is 77.6 Å². The SMILES string of the molecule is CC(Oc1ccc(Cl)cc1Cl)C(=O)NNC(=O)COc1ccc2cc(Br)ccc2c1Br. The molecule has 1 unspecified atom stereocenters. The first-order chi connectivity index (χ1) is 14.7. The van der Waals surface area contributed by atoms with Gasteiger partial charge in [-0.3, -0.25) is 20.4 Å². The summed E-state index contributed by atoms with van der Waals surface area (Å²) in [6.45, 7) is 1.23. The molecule has 2 amide bonds. The van der Waals surface area contributed by atoms with Crippen molar-refractivity contribution in [3.63, 3.8) is 0 Å². The quantitative estimate of drug-likeness (QED) is 0.363. The zero-order valence-electron chi connectivity index (χ0n) is 16.0. The highest BCUT2D eigenvalue weighted by molar-refractivity contribution is 9.11. The number of carbonyl (C=O) groups excluding carboxylic acids is 2. The van der Waals surface area contributed by atoms with E-state index in [2.05, 4.69) is 42.7 Å². The summed E-state index contributed by atoms with van der Waals surface area (Å²) in [7, 11) is 0. The van der Waals surface area contributed by atoms with Gasteiger partial charge in [-0.25, -0.2) is 0 Å². The maximum absolute atomic E-state index is 12.2. The third-order valence-corrected chi connectivity index (χ3v) is 5.97. The lowest BCUT2D eigenvalue weighted by Crippen LogP contribution is -2.48. The highest BCUT2D eigenvalue weighted by Crippen LogP contribution is 2.34. The third kappa shape index (κ3) is 6.26. The summed E-state index contributed by atoms with van der Waals surface area (Å²) in [5, 5.41) is 2.69. The van der Waals surface area contributed by atoms with Crippen molar-refractivity contribution in [3.8, 4) is 11.5 Å². The van der Waals surface area contributed by atoms with E-state index in [4.69, 9.17) is 32.7 Å². The summed E-state index contributed by atoms with van der Waals surface area (Å²) in [6.07, 6.45) is -0.908. The van der Waals surface area contributed by atoms with Crippen molar-refractivity contribution < 1.29 is 19.1 Å². The van der Waals surface area contributed by atoms with Gasteiger partial charge in [-0.1, -0.05) is 51.3 Å². The summed E-state index contributed by atoms with van der Waals surface area (Å²) < 4.78 is 12.8. The molecule has 162 valence electrons. The van der Waals surface area contributed by atoms with Crippen LogP contribution in [-0.4, -0.2) is 24.5 Å². The summed E-state index contributed by atoms with van der Waals surface area (Å²) in [5.74, 6) is -0.286. The van der Waals surface area contributed by atoms with Gasteiger partial charge >= 0.3 is 0 Å². The largest absolute Gasteiger partial charge is 0.483 e. The Bertz CT molecular complexity index is 1140. The molecule has 31 heavy (non-hydrogen) atoms. The van der Waals surface area contributed by atoms with Gasteiger partial charge < -0.3 is 9.47 Å². The average Bonchev–Trinajstić information content (AvgIpc) is 2.73. The zero-order valence-corrected chi connectivity index (χ0v) is 20.7. The monoisotopic (exact) mass is 588 g/mol. The van der Waals surface area contributed by atoms with E-state index in [1.807, 2.05) is 24.3 Å². The minimum atomic E-state index is -0.908. The molecule has 0 saturated heterocycles. The van der Waals surface area contributed by atoms with E-state index in [1.54, 1.807) is 18.2 Å². The number of carbonyl (C=O) groups is 2. The molecule has 3 aromatic rings. The van der Waals surface area contributed by atoms with Gasteiger partial charge in [0.05, 0.1) is 9.50 Å². The molecule has 6 nitrogen and oxygen atoms in total. The second-order valence-corrected chi connectivity index (χ2v) is 8.96. The molecule has 0 heterocycles. The number of rotatable bonds is 6. The van der Waals surface area contributed by atoms with Crippen LogP contribution in [0.5, 0.6) is 11.5 Å². The Morgan fingerprint density at radius 1 is 1.00 bits per heavy atom. The topological polar surface area (TPSA) is 76.7 Å². The number of benzene rings is 3. The van der Waals surface area contributed by atoms with E-state index >= 15 is 0 Å². The van der Waals surface area contributed by atoms with Crippen LogP contribution in [0, 0.1) is 0 Å². The maximum Gasteiger partial charge on any atom is 0.279 e. The van der Waals surface area contributed by atoms with Crippen LogP contribution < -0.4 is 20.3 Å². The Morgan fingerprint density at radius 2 is 1.74 bits per heavy atom. The van der Waals surface area contributed by atoms with Gasteiger partial charge in [-0.2, -0.15) is 0 Å². The van der Waals surface area contributed by atoms with Crippen molar-refractivity contribution in [1.29, 1.82) is 0 Å². The maximum atomic E-state index is 12.2. The number of halogens is 4. The molecule has 0 aliphatic rings. The average molecular weight is 591 g/mol. The molecule has 0 aliphatic carbocycles. The normalized spacial score (nSPS) is 11.6. The van der Waals surface area contributed by atoms with Crippen molar-refractivity contribution in [3.05, 3.63) is 67.5 Å². The number of hydrogen-bond acceptors (Lipinski definition) is 4. The Kier molecular flexibility index (Phi) is 8.05. The highest BCUT2D eigenvalue weighted by atomic mass is 79.9. The Balaban J connectivity index is 1.50. The van der Waals surface area contributed by atoms with Crippen LogP contribution in [0.2, 0.25) is 10.0 Å². The number of nitrogens with one attached hydrogen (secondary N) is 2. The summed E-state index contributed by atoms with van der Waals surface area (Å²) in [5.41, 5.74) is 4.58. The van der Waals surface area contributed by atoms with Crippen LogP contribution in [0.1, 0.15) is 6.92 Å². The fraction of sp³-hybridized carbons (Fsp3) is 0.143. The van der Waals surface area contributed by atoms with E-state index in [0.717, 1.165) is 19.7 Å². The lowest BCUT2D eigenvalue weighted by molar-refractivity contribution is -0.133. The molecule has 0 radical (unpaired) electrons. The van der Waals surface area contributed by atoms with Gasteiger partial charge in [-0.05, 0) is 70.0 Å². The van der Waals surface area contributed by atoms with E-state index < -0.39 is 17.9 Å². The molecule has 0 bridgehead atoms. The van der Waals surface area contributed by atoms with Gasteiger partial charge in [-0.15, -0.1) is 0 Å². The van der Waals surface area contributed by atoms with Crippen LogP contribution in [0.4, 0.5) is 0 Å². The Labute approximate surface area is 205 Å². The second-order valence-electron chi connectivity index (χ2n) is 6.40. The molecule has 3 aromatic carbocycles.